The second-order valence-corrected chi connectivity index (χ2v) is 7.09. The molecule has 0 fully saturated rings. The van der Waals surface area contributed by atoms with Crippen LogP contribution in [0.4, 0.5) is 0 Å². The minimum atomic E-state index is -3.36. The van der Waals surface area contributed by atoms with Crippen molar-refractivity contribution in [3.05, 3.63) is 29.3 Å². The van der Waals surface area contributed by atoms with E-state index in [1.54, 1.807) is 19.2 Å². The van der Waals surface area contributed by atoms with Gasteiger partial charge in [0.1, 0.15) is 0 Å². The molecule has 0 amide bonds. The SMILES string of the molecule is CCN(C)S(=O)(=O)c1ccc(C)c(CNC(C)C)c1. The van der Waals surface area contributed by atoms with E-state index >= 15 is 0 Å². The molecular formula is C14H24N2O2S. The second-order valence-electron chi connectivity index (χ2n) is 5.04. The molecule has 1 aromatic rings. The van der Waals surface area contributed by atoms with E-state index in [1.165, 1.54) is 4.31 Å². The first-order valence-electron chi connectivity index (χ1n) is 6.58. The van der Waals surface area contributed by atoms with Crippen molar-refractivity contribution in [2.75, 3.05) is 13.6 Å². The number of sulfonamides is 1. The third kappa shape index (κ3) is 4.03. The van der Waals surface area contributed by atoms with Crippen molar-refractivity contribution >= 4 is 10.0 Å². The fraction of sp³-hybridized carbons (Fsp3) is 0.571. The zero-order valence-corrected chi connectivity index (χ0v) is 13.2. The van der Waals surface area contributed by atoms with Gasteiger partial charge in [-0.25, -0.2) is 12.7 Å². The Hall–Kier alpha value is -0.910. The van der Waals surface area contributed by atoms with Crippen LogP contribution in [-0.4, -0.2) is 32.4 Å². The molecule has 4 nitrogen and oxygen atoms in total. The number of hydrogen-bond donors (Lipinski definition) is 1. The van der Waals surface area contributed by atoms with Crippen molar-refractivity contribution < 1.29 is 8.42 Å². The van der Waals surface area contributed by atoms with Crippen LogP contribution in [0, 0.1) is 6.92 Å². The molecule has 108 valence electrons. The van der Waals surface area contributed by atoms with Crippen LogP contribution in [0.5, 0.6) is 0 Å². The van der Waals surface area contributed by atoms with Crippen LogP contribution in [0.1, 0.15) is 31.9 Å². The van der Waals surface area contributed by atoms with Crippen LogP contribution in [0.2, 0.25) is 0 Å². The zero-order valence-electron chi connectivity index (χ0n) is 12.4. The van der Waals surface area contributed by atoms with Crippen LogP contribution in [0.3, 0.4) is 0 Å². The van der Waals surface area contributed by atoms with Crippen LogP contribution in [0.15, 0.2) is 23.1 Å². The molecule has 0 bridgehead atoms. The first kappa shape index (κ1) is 16.1. The summed E-state index contributed by atoms with van der Waals surface area (Å²) >= 11 is 0. The van der Waals surface area contributed by atoms with E-state index in [0.29, 0.717) is 24.0 Å². The van der Waals surface area contributed by atoms with Crippen molar-refractivity contribution in [2.24, 2.45) is 0 Å². The molecule has 0 atom stereocenters. The molecule has 1 aromatic carbocycles. The summed E-state index contributed by atoms with van der Waals surface area (Å²) in [6.45, 7) is 9.12. The molecule has 0 saturated carbocycles. The van der Waals surface area contributed by atoms with Gasteiger partial charge in [-0.3, -0.25) is 0 Å². The van der Waals surface area contributed by atoms with Crippen molar-refractivity contribution in [1.82, 2.24) is 9.62 Å². The summed E-state index contributed by atoms with van der Waals surface area (Å²) < 4.78 is 25.9. The molecule has 0 saturated heterocycles. The Morgan fingerprint density at radius 3 is 2.47 bits per heavy atom. The molecule has 1 N–H and O–H groups in total. The second kappa shape index (κ2) is 6.50. The average Bonchev–Trinajstić information content (AvgIpc) is 2.36. The van der Waals surface area contributed by atoms with Gasteiger partial charge in [0.25, 0.3) is 0 Å². The van der Waals surface area contributed by atoms with Gasteiger partial charge in [-0.05, 0) is 30.2 Å². The number of nitrogens with one attached hydrogen (secondary N) is 1. The van der Waals surface area contributed by atoms with Crippen LogP contribution in [0.25, 0.3) is 0 Å². The van der Waals surface area contributed by atoms with Gasteiger partial charge in [0.05, 0.1) is 4.90 Å². The van der Waals surface area contributed by atoms with Crippen LogP contribution >= 0.6 is 0 Å². The summed E-state index contributed by atoms with van der Waals surface area (Å²) in [7, 11) is -1.76. The lowest BCUT2D eigenvalue weighted by molar-refractivity contribution is 0.486. The normalized spacial score (nSPS) is 12.4. The maximum Gasteiger partial charge on any atom is 0.242 e. The van der Waals surface area contributed by atoms with Crippen LogP contribution in [-0.2, 0) is 16.6 Å². The van der Waals surface area contributed by atoms with Gasteiger partial charge in [-0.1, -0.05) is 26.8 Å². The monoisotopic (exact) mass is 284 g/mol. The van der Waals surface area contributed by atoms with E-state index in [2.05, 4.69) is 19.2 Å². The number of hydrogen-bond acceptors (Lipinski definition) is 3. The summed E-state index contributed by atoms with van der Waals surface area (Å²) in [5.41, 5.74) is 2.13. The molecular weight excluding hydrogens is 260 g/mol. The van der Waals surface area contributed by atoms with Gasteiger partial charge >= 0.3 is 0 Å². The predicted molar refractivity (Wildman–Crippen MR) is 78.6 cm³/mol. The van der Waals surface area contributed by atoms with Crippen molar-refractivity contribution in [3.63, 3.8) is 0 Å². The van der Waals surface area contributed by atoms with E-state index < -0.39 is 10.0 Å². The van der Waals surface area contributed by atoms with Gasteiger partial charge in [0.15, 0.2) is 0 Å². The quantitative estimate of drug-likeness (QED) is 0.870. The fourth-order valence-electron chi connectivity index (χ4n) is 1.66. The van der Waals surface area contributed by atoms with E-state index in [0.717, 1.165) is 11.1 Å². The first-order chi connectivity index (χ1) is 8.78. The minimum absolute atomic E-state index is 0.364. The molecule has 0 heterocycles. The highest BCUT2D eigenvalue weighted by Gasteiger charge is 2.19. The third-order valence-electron chi connectivity index (χ3n) is 3.17. The molecule has 0 aromatic heterocycles. The maximum absolute atomic E-state index is 12.3. The fourth-order valence-corrected chi connectivity index (χ4v) is 2.89. The Morgan fingerprint density at radius 2 is 1.95 bits per heavy atom. The molecule has 0 aliphatic rings. The summed E-state index contributed by atoms with van der Waals surface area (Å²) in [5, 5.41) is 3.32. The predicted octanol–water partition coefficient (Wildman–Crippen LogP) is 2.13. The Balaban J connectivity index is 3.08. The summed E-state index contributed by atoms with van der Waals surface area (Å²) in [4.78, 5) is 0.364. The van der Waals surface area contributed by atoms with Gasteiger partial charge in [-0.15, -0.1) is 0 Å². The molecule has 0 aliphatic heterocycles. The van der Waals surface area contributed by atoms with E-state index in [9.17, 15) is 8.42 Å². The molecule has 1 rings (SSSR count). The molecule has 19 heavy (non-hydrogen) atoms. The average molecular weight is 284 g/mol. The van der Waals surface area contributed by atoms with E-state index in [4.69, 9.17) is 0 Å². The molecule has 0 aliphatic carbocycles. The Labute approximate surface area is 116 Å². The third-order valence-corrected chi connectivity index (χ3v) is 5.10. The number of rotatable bonds is 6. The highest BCUT2D eigenvalue weighted by atomic mass is 32.2. The summed E-state index contributed by atoms with van der Waals surface area (Å²) in [6.07, 6.45) is 0. The van der Waals surface area contributed by atoms with E-state index in [-0.39, 0.29) is 0 Å². The van der Waals surface area contributed by atoms with Gasteiger partial charge in [0.2, 0.25) is 10.0 Å². The lowest BCUT2D eigenvalue weighted by Crippen LogP contribution is -2.27. The molecule has 0 unspecified atom stereocenters. The summed E-state index contributed by atoms with van der Waals surface area (Å²) in [6, 6.07) is 5.69. The maximum atomic E-state index is 12.3. The van der Waals surface area contributed by atoms with Gasteiger partial charge < -0.3 is 5.32 Å². The molecule has 0 spiro atoms. The van der Waals surface area contributed by atoms with E-state index in [1.807, 2.05) is 19.9 Å². The Kier molecular flexibility index (Phi) is 5.52. The van der Waals surface area contributed by atoms with Crippen molar-refractivity contribution in [1.29, 1.82) is 0 Å². The number of benzene rings is 1. The molecule has 5 heteroatoms. The summed E-state index contributed by atoms with van der Waals surface area (Å²) in [5.74, 6) is 0. The topological polar surface area (TPSA) is 49.4 Å². The minimum Gasteiger partial charge on any atom is -0.310 e. The smallest absolute Gasteiger partial charge is 0.242 e. The number of nitrogens with zero attached hydrogens (tertiary/aromatic N) is 1. The van der Waals surface area contributed by atoms with Crippen molar-refractivity contribution in [3.8, 4) is 0 Å². The Bertz CT molecular complexity index is 524. The van der Waals surface area contributed by atoms with Crippen molar-refractivity contribution in [2.45, 2.75) is 45.2 Å². The number of aryl methyl sites for hydroxylation is 1. The lowest BCUT2D eigenvalue weighted by Gasteiger charge is -2.17. The highest BCUT2D eigenvalue weighted by Crippen LogP contribution is 2.18. The highest BCUT2D eigenvalue weighted by molar-refractivity contribution is 7.89. The standard InChI is InChI=1S/C14H24N2O2S/c1-6-16(5)19(17,18)14-8-7-12(4)13(9-14)10-15-11(2)3/h7-9,11,15H,6,10H2,1-5H3. The van der Waals surface area contributed by atoms with Gasteiger partial charge in [-0.2, -0.15) is 0 Å². The van der Waals surface area contributed by atoms with Crippen LogP contribution < -0.4 is 5.32 Å². The molecule has 0 radical (unpaired) electrons. The largest absolute Gasteiger partial charge is 0.310 e. The first-order valence-corrected chi connectivity index (χ1v) is 8.02. The zero-order chi connectivity index (χ0) is 14.6. The Morgan fingerprint density at radius 1 is 1.32 bits per heavy atom. The van der Waals surface area contributed by atoms with Gasteiger partial charge in [0, 0.05) is 26.2 Å². The lowest BCUT2D eigenvalue weighted by atomic mass is 10.1.